The van der Waals surface area contributed by atoms with Gasteiger partial charge in [-0.2, -0.15) is 0 Å². The first-order chi connectivity index (χ1) is 16.2. The second kappa shape index (κ2) is 8.79. The summed E-state index contributed by atoms with van der Waals surface area (Å²) in [4.78, 5) is 17.7. The molecule has 0 unspecified atom stereocenters. The molecule has 5 fully saturated rings. The Morgan fingerprint density at radius 3 is 1.76 bits per heavy atom. The van der Waals surface area contributed by atoms with Crippen LogP contribution < -0.4 is 5.32 Å². The van der Waals surface area contributed by atoms with Crippen molar-refractivity contribution in [1.29, 1.82) is 0 Å². The van der Waals surface area contributed by atoms with Gasteiger partial charge in [-0.1, -0.05) is 60.7 Å². The minimum Gasteiger partial charge on any atom is -0.337 e. The lowest BCUT2D eigenvalue weighted by Crippen LogP contribution is -2.56. The summed E-state index contributed by atoms with van der Waals surface area (Å²) in [6, 6.07) is 22.0. The molecule has 0 radical (unpaired) electrons. The Bertz CT molecular complexity index is 877. The van der Waals surface area contributed by atoms with E-state index in [2.05, 4.69) is 70.9 Å². The highest BCUT2D eigenvalue weighted by molar-refractivity contribution is 5.74. The predicted molar refractivity (Wildman–Crippen MR) is 132 cm³/mol. The zero-order valence-corrected chi connectivity index (χ0v) is 19.7. The highest BCUT2D eigenvalue weighted by Crippen LogP contribution is 2.59. The molecule has 4 saturated carbocycles. The summed E-state index contributed by atoms with van der Waals surface area (Å²) >= 11 is 0. The van der Waals surface area contributed by atoms with E-state index < -0.39 is 0 Å². The average Bonchev–Trinajstić information content (AvgIpc) is 2.84. The molecule has 2 aromatic carbocycles. The van der Waals surface area contributed by atoms with E-state index in [0.29, 0.717) is 5.41 Å². The fourth-order valence-corrected chi connectivity index (χ4v) is 7.95. The number of benzene rings is 2. The molecule has 4 bridgehead atoms. The van der Waals surface area contributed by atoms with E-state index in [-0.39, 0.29) is 12.1 Å². The molecule has 1 saturated heterocycles. The number of piperazine rings is 1. The van der Waals surface area contributed by atoms with Crippen molar-refractivity contribution in [3.8, 4) is 0 Å². The molecule has 1 aliphatic heterocycles. The van der Waals surface area contributed by atoms with Gasteiger partial charge >= 0.3 is 6.03 Å². The molecule has 2 amide bonds. The molecular formula is C29H37N3O. The molecule has 2 aromatic rings. The highest BCUT2D eigenvalue weighted by Gasteiger charge is 2.50. The van der Waals surface area contributed by atoms with Gasteiger partial charge in [0.25, 0.3) is 0 Å². The van der Waals surface area contributed by atoms with E-state index in [1.165, 1.54) is 49.7 Å². The van der Waals surface area contributed by atoms with Crippen molar-refractivity contribution >= 4 is 6.03 Å². The number of nitrogens with one attached hydrogen (secondary N) is 1. The van der Waals surface area contributed by atoms with Gasteiger partial charge in [-0.05, 0) is 72.8 Å². The van der Waals surface area contributed by atoms with Crippen LogP contribution in [0, 0.1) is 23.2 Å². The molecule has 174 valence electrons. The summed E-state index contributed by atoms with van der Waals surface area (Å²) in [6.07, 6.45) is 8.42. The number of nitrogens with zero attached hydrogens (tertiary/aromatic N) is 2. The molecule has 0 atom stereocenters. The molecule has 0 spiro atoms. The van der Waals surface area contributed by atoms with E-state index >= 15 is 0 Å². The van der Waals surface area contributed by atoms with Crippen molar-refractivity contribution in [3.63, 3.8) is 0 Å². The Hall–Kier alpha value is -2.33. The SMILES string of the molecule is O=C(NCC12CC3CC(CC(C3)C1)C2)N1CCN(C(c2ccccc2)c2ccccc2)CC1. The van der Waals surface area contributed by atoms with Gasteiger partial charge in [-0.15, -0.1) is 0 Å². The van der Waals surface area contributed by atoms with E-state index in [1.807, 2.05) is 4.90 Å². The maximum atomic E-state index is 13.1. The lowest BCUT2D eigenvalue weighted by Gasteiger charge is -2.57. The molecule has 5 aliphatic rings. The summed E-state index contributed by atoms with van der Waals surface area (Å²) in [7, 11) is 0. The number of rotatable bonds is 5. The fourth-order valence-electron chi connectivity index (χ4n) is 7.95. The molecule has 1 heterocycles. The lowest BCUT2D eigenvalue weighted by atomic mass is 9.49. The Labute approximate surface area is 198 Å². The van der Waals surface area contributed by atoms with E-state index in [0.717, 1.165) is 50.5 Å². The first kappa shape index (κ1) is 21.2. The third-order valence-electron chi connectivity index (χ3n) is 8.98. The fraction of sp³-hybridized carbons (Fsp3) is 0.552. The predicted octanol–water partition coefficient (Wildman–Crippen LogP) is 5.32. The van der Waals surface area contributed by atoms with Crippen LogP contribution in [0.4, 0.5) is 4.79 Å². The Morgan fingerprint density at radius 1 is 0.788 bits per heavy atom. The molecule has 7 rings (SSSR count). The number of amides is 2. The first-order valence-corrected chi connectivity index (χ1v) is 13.0. The minimum atomic E-state index is 0.154. The third-order valence-corrected chi connectivity index (χ3v) is 8.98. The molecular weight excluding hydrogens is 406 g/mol. The monoisotopic (exact) mass is 443 g/mol. The maximum absolute atomic E-state index is 13.1. The van der Waals surface area contributed by atoms with E-state index in [1.54, 1.807) is 0 Å². The smallest absolute Gasteiger partial charge is 0.317 e. The summed E-state index contributed by atoms with van der Waals surface area (Å²) in [5.74, 6) is 2.80. The maximum Gasteiger partial charge on any atom is 0.317 e. The molecule has 1 N–H and O–H groups in total. The summed E-state index contributed by atoms with van der Waals surface area (Å²) in [6.45, 7) is 4.29. The number of hydrogen-bond acceptors (Lipinski definition) is 2. The molecule has 0 aromatic heterocycles. The Kier molecular flexibility index (Phi) is 5.65. The van der Waals surface area contributed by atoms with Gasteiger partial charge in [0.05, 0.1) is 6.04 Å². The number of carbonyl (C=O) groups excluding carboxylic acids is 1. The van der Waals surface area contributed by atoms with Crippen LogP contribution in [0.1, 0.15) is 55.7 Å². The van der Waals surface area contributed by atoms with Crippen molar-refractivity contribution in [3.05, 3.63) is 71.8 Å². The van der Waals surface area contributed by atoms with Crippen molar-refractivity contribution in [2.75, 3.05) is 32.7 Å². The van der Waals surface area contributed by atoms with Crippen LogP contribution in [0.15, 0.2) is 60.7 Å². The quantitative estimate of drug-likeness (QED) is 0.679. The van der Waals surface area contributed by atoms with Gasteiger partial charge in [0.15, 0.2) is 0 Å². The van der Waals surface area contributed by atoms with Crippen LogP contribution >= 0.6 is 0 Å². The van der Waals surface area contributed by atoms with Gasteiger partial charge in [0.1, 0.15) is 0 Å². The first-order valence-electron chi connectivity index (χ1n) is 13.0. The number of hydrogen-bond donors (Lipinski definition) is 1. The van der Waals surface area contributed by atoms with E-state index in [9.17, 15) is 4.79 Å². The molecule has 33 heavy (non-hydrogen) atoms. The zero-order chi connectivity index (χ0) is 22.3. The topological polar surface area (TPSA) is 35.6 Å². The zero-order valence-electron chi connectivity index (χ0n) is 19.7. The van der Waals surface area contributed by atoms with E-state index in [4.69, 9.17) is 0 Å². The molecule has 4 nitrogen and oxygen atoms in total. The Morgan fingerprint density at radius 2 is 1.27 bits per heavy atom. The normalized spacial score (nSPS) is 31.2. The Balaban J connectivity index is 1.08. The largest absolute Gasteiger partial charge is 0.337 e. The summed E-state index contributed by atoms with van der Waals surface area (Å²) in [5.41, 5.74) is 3.05. The summed E-state index contributed by atoms with van der Waals surface area (Å²) in [5, 5.41) is 3.39. The second-order valence-electron chi connectivity index (χ2n) is 11.3. The van der Waals surface area contributed by atoms with Crippen LogP contribution in [0.25, 0.3) is 0 Å². The van der Waals surface area contributed by atoms with Crippen LogP contribution in [0.5, 0.6) is 0 Å². The number of urea groups is 1. The average molecular weight is 444 g/mol. The van der Waals surface area contributed by atoms with Crippen molar-refractivity contribution in [1.82, 2.24) is 15.1 Å². The van der Waals surface area contributed by atoms with Crippen LogP contribution in [-0.2, 0) is 0 Å². The van der Waals surface area contributed by atoms with Crippen molar-refractivity contribution < 1.29 is 4.79 Å². The van der Waals surface area contributed by atoms with Gasteiger partial charge in [0.2, 0.25) is 0 Å². The van der Waals surface area contributed by atoms with Crippen molar-refractivity contribution in [2.45, 2.75) is 44.6 Å². The third kappa shape index (κ3) is 4.30. The highest BCUT2D eigenvalue weighted by atomic mass is 16.2. The number of carbonyl (C=O) groups is 1. The van der Waals surface area contributed by atoms with Crippen LogP contribution in [-0.4, -0.2) is 48.6 Å². The second-order valence-corrected chi connectivity index (χ2v) is 11.3. The van der Waals surface area contributed by atoms with Gasteiger partial charge in [-0.3, -0.25) is 4.90 Å². The van der Waals surface area contributed by atoms with Gasteiger partial charge < -0.3 is 10.2 Å². The van der Waals surface area contributed by atoms with Crippen LogP contribution in [0.3, 0.4) is 0 Å². The standard InChI is InChI=1S/C29H37N3O/c33-28(30-21-29-18-22-15-23(19-29)17-24(16-22)20-29)32-13-11-31(12-14-32)27(25-7-3-1-4-8-25)26-9-5-2-6-10-26/h1-10,22-24,27H,11-21H2,(H,30,33). The van der Waals surface area contributed by atoms with Crippen LogP contribution in [0.2, 0.25) is 0 Å². The van der Waals surface area contributed by atoms with Gasteiger partial charge in [0, 0.05) is 32.7 Å². The minimum absolute atomic E-state index is 0.154. The molecule has 4 aliphatic carbocycles. The van der Waals surface area contributed by atoms with Gasteiger partial charge in [-0.25, -0.2) is 4.79 Å². The lowest BCUT2D eigenvalue weighted by molar-refractivity contribution is -0.0503. The molecule has 4 heteroatoms. The summed E-state index contributed by atoms with van der Waals surface area (Å²) < 4.78 is 0. The van der Waals surface area contributed by atoms with Crippen molar-refractivity contribution in [2.24, 2.45) is 23.2 Å².